The molecule has 0 spiro atoms. The van der Waals surface area contributed by atoms with Crippen molar-refractivity contribution < 1.29 is 8.42 Å². The van der Waals surface area contributed by atoms with Crippen LogP contribution in [0.25, 0.3) is 10.9 Å². The number of hydrogen-bond acceptors (Lipinski definition) is 4. The fourth-order valence-electron chi connectivity index (χ4n) is 3.48. The van der Waals surface area contributed by atoms with Crippen LogP contribution >= 0.6 is 0 Å². The highest BCUT2D eigenvalue weighted by molar-refractivity contribution is 7.89. The Morgan fingerprint density at radius 2 is 1.93 bits per heavy atom. The molecule has 1 aliphatic heterocycles. The smallest absolute Gasteiger partial charge is 0.251 e. The van der Waals surface area contributed by atoms with E-state index in [0.717, 1.165) is 16.5 Å². The van der Waals surface area contributed by atoms with Crippen LogP contribution in [0.3, 0.4) is 0 Å². The van der Waals surface area contributed by atoms with Gasteiger partial charge in [0.05, 0.1) is 10.5 Å². The summed E-state index contributed by atoms with van der Waals surface area (Å²) in [7, 11) is -3.78. The van der Waals surface area contributed by atoms with Crippen LogP contribution in [0.15, 0.2) is 52.2 Å². The third-order valence-corrected chi connectivity index (χ3v) is 6.86. The fraction of sp³-hybridized carbons (Fsp3) is 0.200. The minimum absolute atomic E-state index is 0.0285. The molecule has 0 atom stereocenters. The van der Waals surface area contributed by atoms with Crippen LogP contribution in [-0.4, -0.2) is 24.3 Å². The highest BCUT2D eigenvalue weighted by Gasteiger charge is 2.30. The molecular formula is C20H17N3O3S. The van der Waals surface area contributed by atoms with Crippen LogP contribution in [0.1, 0.15) is 22.3 Å². The molecule has 3 aromatic rings. The quantitative estimate of drug-likeness (QED) is 0.740. The van der Waals surface area contributed by atoms with Crippen molar-refractivity contribution in [3.63, 3.8) is 0 Å². The molecule has 0 unspecified atom stereocenters. The minimum atomic E-state index is -3.78. The lowest BCUT2D eigenvalue weighted by Crippen LogP contribution is -2.36. The van der Waals surface area contributed by atoms with E-state index in [2.05, 4.69) is 4.98 Å². The Kier molecular flexibility index (Phi) is 4.10. The number of nitrogens with zero attached hydrogens (tertiary/aromatic N) is 2. The molecule has 136 valence electrons. The van der Waals surface area contributed by atoms with Crippen molar-refractivity contribution in [2.45, 2.75) is 24.8 Å². The molecule has 0 aliphatic carbocycles. The van der Waals surface area contributed by atoms with Crippen molar-refractivity contribution in [3.8, 4) is 6.07 Å². The van der Waals surface area contributed by atoms with Crippen LogP contribution in [0, 0.1) is 18.3 Å². The van der Waals surface area contributed by atoms with Gasteiger partial charge in [-0.2, -0.15) is 9.57 Å². The maximum Gasteiger partial charge on any atom is 0.251 e. The van der Waals surface area contributed by atoms with E-state index in [9.17, 15) is 18.5 Å². The average molecular weight is 379 g/mol. The van der Waals surface area contributed by atoms with Crippen LogP contribution in [0.2, 0.25) is 0 Å². The van der Waals surface area contributed by atoms with Crippen molar-refractivity contribution in [1.82, 2.24) is 9.29 Å². The number of benzene rings is 2. The molecule has 4 rings (SSSR count). The molecule has 2 heterocycles. The van der Waals surface area contributed by atoms with E-state index in [0.29, 0.717) is 24.0 Å². The van der Waals surface area contributed by atoms with Crippen LogP contribution < -0.4 is 5.56 Å². The Morgan fingerprint density at radius 1 is 1.15 bits per heavy atom. The summed E-state index contributed by atoms with van der Waals surface area (Å²) in [5.74, 6) is 0. The molecule has 1 aromatic heterocycles. The van der Waals surface area contributed by atoms with Crippen molar-refractivity contribution in [3.05, 3.63) is 75.1 Å². The summed E-state index contributed by atoms with van der Waals surface area (Å²) in [6, 6.07) is 13.9. The lowest BCUT2D eigenvalue weighted by Gasteiger charge is -2.28. The van der Waals surface area contributed by atoms with E-state index in [4.69, 9.17) is 0 Å². The van der Waals surface area contributed by atoms with Gasteiger partial charge in [-0.25, -0.2) is 8.42 Å². The number of sulfonamides is 1. The van der Waals surface area contributed by atoms with Crippen LogP contribution in [0.4, 0.5) is 0 Å². The molecule has 0 saturated carbocycles. The molecule has 7 heteroatoms. The SMILES string of the molecule is Cc1cc2cc3c(cc2[nH]c1=O)CN(S(=O)(=O)c1ccccc1C#N)CC3. The third-order valence-electron chi connectivity index (χ3n) is 4.95. The molecule has 27 heavy (non-hydrogen) atoms. The third kappa shape index (κ3) is 2.93. The molecule has 0 bridgehead atoms. The first kappa shape index (κ1) is 17.5. The number of pyridine rings is 1. The van der Waals surface area contributed by atoms with Crippen molar-refractivity contribution in [2.75, 3.05) is 6.54 Å². The fourth-order valence-corrected chi connectivity index (χ4v) is 5.04. The molecule has 2 aromatic carbocycles. The zero-order chi connectivity index (χ0) is 19.2. The molecule has 0 radical (unpaired) electrons. The standard InChI is InChI=1S/C20H17N3O3S/c1-13-8-16-9-14-6-7-23(12-17(14)10-18(16)22-20(13)24)27(25,26)19-5-3-2-4-15(19)11-21/h2-5,8-10H,6-7,12H2,1H3,(H,22,24). The van der Waals surface area contributed by atoms with Gasteiger partial charge in [0, 0.05) is 24.2 Å². The highest BCUT2D eigenvalue weighted by atomic mass is 32.2. The van der Waals surface area contributed by atoms with Gasteiger partial charge in [-0.15, -0.1) is 0 Å². The van der Waals surface area contributed by atoms with E-state index in [1.165, 1.54) is 16.4 Å². The normalized spacial score (nSPS) is 14.7. The van der Waals surface area contributed by atoms with Gasteiger partial charge in [0.25, 0.3) is 5.56 Å². The van der Waals surface area contributed by atoms with Gasteiger partial charge in [-0.3, -0.25) is 4.79 Å². The summed E-state index contributed by atoms with van der Waals surface area (Å²) in [5, 5.41) is 10.2. The second-order valence-electron chi connectivity index (χ2n) is 6.69. The van der Waals surface area contributed by atoms with Gasteiger partial charge in [0.1, 0.15) is 6.07 Å². The molecule has 1 aliphatic rings. The Bertz CT molecular complexity index is 1270. The highest BCUT2D eigenvalue weighted by Crippen LogP contribution is 2.28. The minimum Gasteiger partial charge on any atom is -0.322 e. The summed E-state index contributed by atoms with van der Waals surface area (Å²) in [6.07, 6.45) is 0.581. The number of aryl methyl sites for hydroxylation is 1. The molecule has 0 fully saturated rings. The van der Waals surface area contributed by atoms with E-state index >= 15 is 0 Å². The molecule has 0 saturated heterocycles. The number of nitrogens with one attached hydrogen (secondary N) is 1. The number of aromatic amines is 1. The summed E-state index contributed by atoms with van der Waals surface area (Å²) in [6.45, 7) is 2.32. The largest absolute Gasteiger partial charge is 0.322 e. The first-order valence-electron chi connectivity index (χ1n) is 8.55. The maximum absolute atomic E-state index is 13.1. The summed E-state index contributed by atoms with van der Waals surface area (Å²) >= 11 is 0. The molecule has 1 N–H and O–H groups in total. The van der Waals surface area contributed by atoms with Gasteiger partial charge in [0.2, 0.25) is 10.0 Å². The second-order valence-corrected chi connectivity index (χ2v) is 8.59. The molecule has 6 nitrogen and oxygen atoms in total. The first-order valence-corrected chi connectivity index (χ1v) is 9.99. The Morgan fingerprint density at radius 3 is 2.70 bits per heavy atom. The van der Waals surface area contributed by atoms with Crippen LogP contribution in [-0.2, 0) is 23.0 Å². The zero-order valence-electron chi connectivity index (χ0n) is 14.7. The average Bonchev–Trinajstić information content (AvgIpc) is 2.67. The van der Waals surface area contributed by atoms with E-state index in [1.54, 1.807) is 19.1 Å². The van der Waals surface area contributed by atoms with Gasteiger partial charge < -0.3 is 4.98 Å². The number of H-pyrrole nitrogens is 1. The number of nitriles is 1. The number of hydrogen-bond donors (Lipinski definition) is 1. The molecular weight excluding hydrogens is 362 g/mol. The van der Waals surface area contributed by atoms with Crippen molar-refractivity contribution in [2.24, 2.45) is 0 Å². The topological polar surface area (TPSA) is 94.0 Å². The Labute approximate surface area is 156 Å². The predicted octanol–water partition coefficient (Wildman–Crippen LogP) is 2.46. The zero-order valence-corrected chi connectivity index (χ0v) is 15.5. The Hall–Kier alpha value is -2.95. The first-order chi connectivity index (χ1) is 12.9. The maximum atomic E-state index is 13.1. The lowest BCUT2D eigenvalue weighted by atomic mass is 9.98. The predicted molar refractivity (Wildman–Crippen MR) is 102 cm³/mol. The number of rotatable bonds is 2. The molecule has 0 amide bonds. The Balaban J connectivity index is 1.76. The van der Waals surface area contributed by atoms with Gasteiger partial charge in [-0.05, 0) is 60.2 Å². The van der Waals surface area contributed by atoms with E-state index < -0.39 is 10.0 Å². The van der Waals surface area contributed by atoms with Crippen LogP contribution in [0.5, 0.6) is 0 Å². The number of aromatic nitrogens is 1. The summed E-state index contributed by atoms with van der Waals surface area (Å²) in [5.41, 5.74) is 3.28. The monoisotopic (exact) mass is 379 g/mol. The van der Waals surface area contributed by atoms with E-state index in [-0.39, 0.29) is 22.6 Å². The summed E-state index contributed by atoms with van der Waals surface area (Å²) < 4.78 is 27.5. The van der Waals surface area contributed by atoms with Gasteiger partial charge >= 0.3 is 0 Å². The van der Waals surface area contributed by atoms with Gasteiger partial charge in [-0.1, -0.05) is 12.1 Å². The van der Waals surface area contributed by atoms with E-state index in [1.807, 2.05) is 24.3 Å². The summed E-state index contributed by atoms with van der Waals surface area (Å²) in [4.78, 5) is 14.8. The van der Waals surface area contributed by atoms with Crippen molar-refractivity contribution >= 4 is 20.9 Å². The number of fused-ring (bicyclic) bond motifs is 2. The second kappa shape index (κ2) is 6.34. The van der Waals surface area contributed by atoms with Crippen molar-refractivity contribution in [1.29, 1.82) is 5.26 Å². The van der Waals surface area contributed by atoms with Gasteiger partial charge in [0.15, 0.2) is 0 Å². The lowest BCUT2D eigenvalue weighted by molar-refractivity contribution is 0.391.